The van der Waals surface area contributed by atoms with Gasteiger partial charge in [0, 0.05) is 11.1 Å². The number of ether oxygens (including phenoxy) is 3. The van der Waals surface area contributed by atoms with Crippen molar-refractivity contribution in [2.24, 2.45) is 4.99 Å². The first-order valence-corrected chi connectivity index (χ1v) is 14.3. The van der Waals surface area contributed by atoms with Crippen molar-refractivity contribution in [2.45, 2.75) is 26.8 Å². The van der Waals surface area contributed by atoms with E-state index in [4.69, 9.17) is 25.8 Å². The molecule has 0 amide bonds. The number of hydrogen-bond donors (Lipinski definition) is 0. The van der Waals surface area contributed by atoms with Crippen LogP contribution in [0.2, 0.25) is 5.02 Å². The minimum Gasteiger partial charge on any atom is -0.474 e. The van der Waals surface area contributed by atoms with Gasteiger partial charge in [0.2, 0.25) is 5.75 Å². The average Bonchev–Trinajstić information content (AvgIpc) is 3.21. The van der Waals surface area contributed by atoms with Crippen molar-refractivity contribution in [3.05, 3.63) is 98.1 Å². The van der Waals surface area contributed by atoms with E-state index in [1.807, 2.05) is 0 Å². The monoisotopic (exact) mass is 663 g/mol. The number of carbonyl (C=O) groups is 2. The number of nitrogens with zero attached hydrogens (tertiary/aromatic N) is 3. The fourth-order valence-corrected chi connectivity index (χ4v) is 6.10. The van der Waals surface area contributed by atoms with E-state index in [1.165, 1.54) is 22.8 Å². The Balaban J connectivity index is 1.86. The second kappa shape index (κ2) is 12.8. The molecule has 1 aromatic heterocycles. The number of carbonyl (C=O) groups excluding carboxylic acids is 2. The van der Waals surface area contributed by atoms with Crippen molar-refractivity contribution in [2.75, 3.05) is 19.8 Å². The number of hydrogen-bond acceptors (Lipinski definition) is 10. The molecule has 0 unspecified atom stereocenters. The van der Waals surface area contributed by atoms with Crippen LogP contribution in [0, 0.1) is 10.1 Å². The lowest BCUT2D eigenvalue weighted by Gasteiger charge is -2.25. The standard InChI is InChI=1S/C27H23BrClN3O8S/c1-4-38-21(33)13-40-24-17(28)10-15(11-19(24)32(36)37)12-20-25(34)31-23(16-8-6-7-9-18(16)29)22(26(35)39-5-2)14(3)30-27(31)41-20/h6-12,23H,4-5,13H2,1-3H3/b20-12-/t23-/m1/s1. The summed E-state index contributed by atoms with van der Waals surface area (Å²) in [6.45, 7) is 4.71. The van der Waals surface area contributed by atoms with Crippen molar-refractivity contribution in [1.29, 1.82) is 0 Å². The molecule has 0 saturated heterocycles. The molecule has 3 aromatic rings. The number of rotatable bonds is 9. The maximum Gasteiger partial charge on any atom is 0.344 e. The molecule has 0 radical (unpaired) electrons. The van der Waals surface area contributed by atoms with Crippen LogP contribution >= 0.6 is 38.9 Å². The third-order valence-electron chi connectivity index (χ3n) is 5.90. The van der Waals surface area contributed by atoms with Gasteiger partial charge in [-0.1, -0.05) is 41.1 Å². The molecule has 0 saturated carbocycles. The highest BCUT2D eigenvalue weighted by molar-refractivity contribution is 9.10. The first-order chi connectivity index (χ1) is 19.6. The molecule has 214 valence electrons. The van der Waals surface area contributed by atoms with Crippen molar-refractivity contribution < 1.29 is 28.7 Å². The molecule has 41 heavy (non-hydrogen) atoms. The van der Waals surface area contributed by atoms with Crippen LogP contribution in [0.1, 0.15) is 37.9 Å². The molecule has 1 aliphatic rings. The van der Waals surface area contributed by atoms with Crippen LogP contribution in [0.25, 0.3) is 6.08 Å². The summed E-state index contributed by atoms with van der Waals surface area (Å²) in [5.74, 6) is -1.45. The Hall–Kier alpha value is -3.81. The molecular formula is C27H23BrClN3O8S. The lowest BCUT2D eigenvalue weighted by atomic mass is 9.96. The molecule has 0 spiro atoms. The molecule has 11 nitrogen and oxygen atoms in total. The predicted octanol–water partition coefficient (Wildman–Crippen LogP) is 4.06. The van der Waals surface area contributed by atoms with Crippen LogP contribution in [0.3, 0.4) is 0 Å². The molecule has 4 rings (SSSR count). The summed E-state index contributed by atoms with van der Waals surface area (Å²) in [4.78, 5) is 54.5. The second-order valence-corrected chi connectivity index (χ2v) is 10.8. The molecule has 0 aliphatic carbocycles. The number of allylic oxidation sites excluding steroid dienone is 1. The quantitative estimate of drug-likeness (QED) is 0.190. The summed E-state index contributed by atoms with van der Waals surface area (Å²) in [5.41, 5.74) is 0.489. The van der Waals surface area contributed by atoms with E-state index in [2.05, 4.69) is 20.9 Å². The summed E-state index contributed by atoms with van der Waals surface area (Å²) in [5, 5.41) is 12.2. The summed E-state index contributed by atoms with van der Waals surface area (Å²) >= 11 is 10.8. The van der Waals surface area contributed by atoms with Crippen molar-refractivity contribution in [1.82, 2.24) is 4.57 Å². The van der Waals surface area contributed by atoms with Gasteiger partial charge < -0.3 is 14.2 Å². The summed E-state index contributed by atoms with van der Waals surface area (Å²) in [6.07, 6.45) is 1.48. The van der Waals surface area contributed by atoms with Gasteiger partial charge in [0.25, 0.3) is 5.56 Å². The maximum atomic E-state index is 13.8. The number of nitro groups is 1. The SMILES string of the molecule is CCOC(=O)COc1c(Br)cc(/C=c2\sc3n(c2=O)[C@H](c2ccccc2Cl)C(C(=O)OCC)=C(C)N=3)cc1[N+](=O)[O-]. The smallest absolute Gasteiger partial charge is 0.344 e. The van der Waals surface area contributed by atoms with Crippen LogP contribution in [-0.2, 0) is 19.1 Å². The third-order valence-corrected chi connectivity index (χ3v) is 7.81. The number of halogens is 2. The fourth-order valence-electron chi connectivity index (χ4n) is 4.23. The molecule has 0 N–H and O–H groups in total. The van der Waals surface area contributed by atoms with E-state index >= 15 is 0 Å². The van der Waals surface area contributed by atoms with Gasteiger partial charge in [-0.05, 0) is 66.0 Å². The molecule has 0 bridgehead atoms. The van der Waals surface area contributed by atoms with Gasteiger partial charge >= 0.3 is 17.6 Å². The Morgan fingerprint density at radius 1 is 1.22 bits per heavy atom. The number of thiazole rings is 1. The minimum atomic E-state index is -0.902. The van der Waals surface area contributed by atoms with Gasteiger partial charge in [0.15, 0.2) is 11.4 Å². The normalized spacial score (nSPS) is 14.8. The average molecular weight is 665 g/mol. The van der Waals surface area contributed by atoms with Gasteiger partial charge in [-0.15, -0.1) is 0 Å². The lowest BCUT2D eigenvalue weighted by molar-refractivity contribution is -0.385. The Morgan fingerprint density at radius 3 is 2.59 bits per heavy atom. The van der Waals surface area contributed by atoms with Crippen LogP contribution in [0.15, 0.2) is 61.9 Å². The van der Waals surface area contributed by atoms with Crippen LogP contribution in [-0.4, -0.2) is 41.2 Å². The molecule has 1 aliphatic heterocycles. The minimum absolute atomic E-state index is 0.127. The van der Waals surface area contributed by atoms with Crippen LogP contribution in [0.5, 0.6) is 5.75 Å². The number of nitro benzene ring substituents is 1. The van der Waals surface area contributed by atoms with E-state index < -0.39 is 40.8 Å². The zero-order valence-corrected chi connectivity index (χ0v) is 25.2. The summed E-state index contributed by atoms with van der Waals surface area (Å²) < 4.78 is 17.2. The highest BCUT2D eigenvalue weighted by Crippen LogP contribution is 2.37. The lowest BCUT2D eigenvalue weighted by Crippen LogP contribution is -2.40. The Bertz CT molecular complexity index is 1760. The highest BCUT2D eigenvalue weighted by Gasteiger charge is 2.34. The summed E-state index contributed by atoms with van der Waals surface area (Å²) in [7, 11) is 0. The third kappa shape index (κ3) is 6.26. The zero-order valence-electron chi connectivity index (χ0n) is 22.0. The molecule has 1 atom stereocenters. The first-order valence-electron chi connectivity index (χ1n) is 12.3. The largest absolute Gasteiger partial charge is 0.474 e. The molecule has 0 fully saturated rings. The van der Waals surface area contributed by atoms with E-state index in [0.29, 0.717) is 26.6 Å². The Morgan fingerprint density at radius 2 is 1.93 bits per heavy atom. The maximum absolute atomic E-state index is 13.8. The van der Waals surface area contributed by atoms with E-state index in [1.54, 1.807) is 45.0 Å². The topological polar surface area (TPSA) is 139 Å². The number of benzene rings is 2. The number of esters is 2. The number of aromatic nitrogens is 1. The first kappa shape index (κ1) is 30.2. The van der Waals surface area contributed by atoms with Crippen LogP contribution in [0.4, 0.5) is 5.69 Å². The second-order valence-electron chi connectivity index (χ2n) is 8.53. The van der Waals surface area contributed by atoms with Crippen molar-refractivity contribution in [3.63, 3.8) is 0 Å². The number of fused-ring (bicyclic) bond motifs is 1. The van der Waals surface area contributed by atoms with E-state index in [-0.39, 0.29) is 33.5 Å². The van der Waals surface area contributed by atoms with Gasteiger partial charge in [-0.2, -0.15) is 0 Å². The predicted molar refractivity (Wildman–Crippen MR) is 155 cm³/mol. The van der Waals surface area contributed by atoms with E-state index in [9.17, 15) is 24.5 Å². The fraction of sp³-hybridized carbons (Fsp3) is 0.259. The van der Waals surface area contributed by atoms with Gasteiger partial charge in [0.05, 0.1) is 38.4 Å². The van der Waals surface area contributed by atoms with Crippen molar-refractivity contribution >= 4 is 62.6 Å². The molecular weight excluding hydrogens is 642 g/mol. The summed E-state index contributed by atoms with van der Waals surface area (Å²) in [6, 6.07) is 8.71. The van der Waals surface area contributed by atoms with Gasteiger partial charge in [0.1, 0.15) is 6.04 Å². The molecule has 2 heterocycles. The highest BCUT2D eigenvalue weighted by atomic mass is 79.9. The van der Waals surface area contributed by atoms with Crippen LogP contribution < -0.4 is 19.6 Å². The Kier molecular flexibility index (Phi) is 9.41. The Labute approximate surface area is 250 Å². The van der Waals surface area contributed by atoms with Crippen molar-refractivity contribution in [3.8, 4) is 5.75 Å². The zero-order chi connectivity index (χ0) is 29.8. The molecule has 2 aromatic carbocycles. The van der Waals surface area contributed by atoms with E-state index in [0.717, 1.165) is 11.3 Å². The molecule has 14 heteroatoms. The van der Waals surface area contributed by atoms with Gasteiger partial charge in [-0.25, -0.2) is 14.6 Å². The van der Waals surface area contributed by atoms with Gasteiger partial charge in [-0.3, -0.25) is 19.5 Å².